The normalized spacial score (nSPS) is 10.9. The summed E-state index contributed by atoms with van der Waals surface area (Å²) >= 11 is 7.47. The van der Waals surface area contributed by atoms with E-state index in [9.17, 15) is 0 Å². The molecule has 0 amide bonds. The van der Waals surface area contributed by atoms with E-state index in [0.29, 0.717) is 0 Å². The SMILES string of the molecule is Cc1noc(C)c1CCNc1nnc(Cc2ccc(Cl)cc2)s1. The van der Waals surface area contributed by atoms with Crippen LogP contribution >= 0.6 is 22.9 Å². The number of nitrogens with one attached hydrogen (secondary N) is 1. The first-order chi connectivity index (χ1) is 11.1. The van der Waals surface area contributed by atoms with Gasteiger partial charge in [0.2, 0.25) is 5.13 Å². The summed E-state index contributed by atoms with van der Waals surface area (Å²) < 4.78 is 5.16. The second-order valence-corrected chi connectivity index (χ2v) is 6.78. The predicted molar refractivity (Wildman–Crippen MR) is 92.3 cm³/mol. The molecule has 0 spiro atoms. The molecule has 0 aliphatic carbocycles. The number of halogens is 1. The largest absolute Gasteiger partial charge is 0.361 e. The summed E-state index contributed by atoms with van der Waals surface area (Å²) in [6.07, 6.45) is 1.62. The van der Waals surface area contributed by atoms with Gasteiger partial charge < -0.3 is 9.84 Å². The van der Waals surface area contributed by atoms with Gasteiger partial charge >= 0.3 is 0 Å². The highest BCUT2D eigenvalue weighted by molar-refractivity contribution is 7.15. The van der Waals surface area contributed by atoms with Gasteiger partial charge in [-0.05, 0) is 38.0 Å². The molecular formula is C16H17ClN4OS. The maximum Gasteiger partial charge on any atom is 0.205 e. The standard InChI is InChI=1S/C16H17ClN4OS/c1-10-14(11(2)22-21-10)7-8-18-16-20-19-15(23-16)9-12-3-5-13(17)6-4-12/h3-6H,7-9H2,1-2H3,(H,18,20). The van der Waals surface area contributed by atoms with Gasteiger partial charge in [-0.25, -0.2) is 0 Å². The topological polar surface area (TPSA) is 63.8 Å². The van der Waals surface area contributed by atoms with Crippen molar-refractivity contribution in [3.05, 3.63) is 56.9 Å². The first-order valence-electron chi connectivity index (χ1n) is 7.34. The average molecular weight is 349 g/mol. The number of hydrogen-bond donors (Lipinski definition) is 1. The molecule has 5 nitrogen and oxygen atoms in total. The molecule has 2 heterocycles. The fraction of sp³-hybridized carbons (Fsp3) is 0.312. The van der Waals surface area contributed by atoms with E-state index < -0.39 is 0 Å². The first-order valence-corrected chi connectivity index (χ1v) is 8.53. The molecule has 7 heteroatoms. The minimum atomic E-state index is 0.743. The molecule has 1 N–H and O–H groups in total. The third kappa shape index (κ3) is 4.09. The van der Waals surface area contributed by atoms with E-state index in [2.05, 4.69) is 20.7 Å². The van der Waals surface area contributed by atoms with Crippen LogP contribution in [0.1, 0.15) is 27.6 Å². The molecule has 0 saturated heterocycles. The Morgan fingerprint density at radius 2 is 1.96 bits per heavy atom. The first kappa shape index (κ1) is 16.0. The zero-order chi connectivity index (χ0) is 16.2. The zero-order valence-electron chi connectivity index (χ0n) is 13.0. The maximum absolute atomic E-state index is 5.89. The number of hydrogen-bond acceptors (Lipinski definition) is 6. The lowest BCUT2D eigenvalue weighted by molar-refractivity contribution is 0.392. The second kappa shape index (κ2) is 7.10. The third-order valence-corrected chi connectivity index (χ3v) is 4.70. The van der Waals surface area contributed by atoms with Crippen LogP contribution in [0.2, 0.25) is 5.02 Å². The average Bonchev–Trinajstić information content (AvgIpc) is 3.11. The Kier molecular flexibility index (Phi) is 4.93. The van der Waals surface area contributed by atoms with Gasteiger partial charge in [-0.2, -0.15) is 0 Å². The van der Waals surface area contributed by atoms with Crippen molar-refractivity contribution in [2.24, 2.45) is 0 Å². The van der Waals surface area contributed by atoms with Gasteiger partial charge in [-0.1, -0.05) is 40.2 Å². The minimum Gasteiger partial charge on any atom is -0.361 e. The molecule has 23 heavy (non-hydrogen) atoms. The van der Waals surface area contributed by atoms with Crippen molar-refractivity contribution < 1.29 is 4.52 Å². The Bertz CT molecular complexity index is 762. The second-order valence-electron chi connectivity index (χ2n) is 5.28. The van der Waals surface area contributed by atoms with E-state index in [-0.39, 0.29) is 0 Å². The number of anilines is 1. The number of nitrogens with zero attached hydrogens (tertiary/aromatic N) is 3. The van der Waals surface area contributed by atoms with E-state index in [1.54, 1.807) is 11.3 Å². The summed E-state index contributed by atoms with van der Waals surface area (Å²) in [5.74, 6) is 0.880. The van der Waals surface area contributed by atoms with E-state index in [4.69, 9.17) is 16.1 Å². The molecule has 0 aliphatic rings. The summed E-state index contributed by atoms with van der Waals surface area (Å²) in [6, 6.07) is 7.80. The fourth-order valence-electron chi connectivity index (χ4n) is 2.33. The van der Waals surface area contributed by atoms with E-state index in [1.807, 2.05) is 38.1 Å². The third-order valence-electron chi connectivity index (χ3n) is 3.57. The van der Waals surface area contributed by atoms with Gasteiger partial charge in [-0.15, -0.1) is 10.2 Å². The van der Waals surface area contributed by atoms with Gasteiger partial charge in [-0.3, -0.25) is 0 Å². The van der Waals surface area contributed by atoms with Crippen molar-refractivity contribution >= 4 is 28.1 Å². The van der Waals surface area contributed by atoms with Gasteiger partial charge in [0.15, 0.2) is 0 Å². The zero-order valence-corrected chi connectivity index (χ0v) is 14.5. The molecule has 0 aliphatic heterocycles. The van der Waals surface area contributed by atoms with Crippen LogP contribution in [0.5, 0.6) is 0 Å². The molecular weight excluding hydrogens is 332 g/mol. The monoisotopic (exact) mass is 348 g/mol. The quantitative estimate of drug-likeness (QED) is 0.728. The maximum atomic E-state index is 5.89. The van der Waals surface area contributed by atoms with Crippen LogP contribution in [-0.2, 0) is 12.8 Å². The van der Waals surface area contributed by atoms with Gasteiger partial charge in [0.05, 0.1) is 5.69 Å². The summed E-state index contributed by atoms with van der Waals surface area (Å²) in [6.45, 7) is 4.67. The number of aryl methyl sites for hydroxylation is 2. The van der Waals surface area contributed by atoms with Crippen molar-refractivity contribution in [3.8, 4) is 0 Å². The van der Waals surface area contributed by atoms with Crippen molar-refractivity contribution in [2.75, 3.05) is 11.9 Å². The number of aromatic nitrogens is 3. The Morgan fingerprint density at radius 1 is 1.17 bits per heavy atom. The summed E-state index contributed by atoms with van der Waals surface area (Å²) in [7, 11) is 0. The highest BCUT2D eigenvalue weighted by atomic mass is 35.5. The van der Waals surface area contributed by atoms with Crippen LogP contribution in [0.3, 0.4) is 0 Å². The highest BCUT2D eigenvalue weighted by Gasteiger charge is 2.09. The molecule has 120 valence electrons. The van der Waals surface area contributed by atoms with Gasteiger partial charge in [0.1, 0.15) is 10.8 Å². The lowest BCUT2D eigenvalue weighted by Crippen LogP contribution is -2.05. The van der Waals surface area contributed by atoms with Gasteiger partial charge in [0, 0.05) is 23.6 Å². The molecule has 0 bridgehead atoms. The Labute approximate surface area is 143 Å². The lowest BCUT2D eigenvalue weighted by atomic mass is 10.1. The molecule has 0 radical (unpaired) electrons. The van der Waals surface area contributed by atoms with E-state index >= 15 is 0 Å². The van der Waals surface area contributed by atoms with Gasteiger partial charge in [0.25, 0.3) is 0 Å². The van der Waals surface area contributed by atoms with Crippen LogP contribution in [0.25, 0.3) is 0 Å². The lowest BCUT2D eigenvalue weighted by Gasteiger charge is -2.01. The molecule has 2 aromatic heterocycles. The van der Waals surface area contributed by atoms with Crippen LogP contribution < -0.4 is 5.32 Å². The van der Waals surface area contributed by atoms with Crippen molar-refractivity contribution in [3.63, 3.8) is 0 Å². The van der Waals surface area contributed by atoms with Crippen LogP contribution in [-0.4, -0.2) is 21.9 Å². The van der Waals surface area contributed by atoms with Crippen molar-refractivity contribution in [1.29, 1.82) is 0 Å². The fourth-order valence-corrected chi connectivity index (χ4v) is 3.25. The smallest absolute Gasteiger partial charge is 0.205 e. The van der Waals surface area contributed by atoms with Crippen molar-refractivity contribution in [1.82, 2.24) is 15.4 Å². The Hall–Kier alpha value is -1.92. The molecule has 3 rings (SSSR count). The molecule has 1 aromatic carbocycles. The molecule has 0 atom stereocenters. The predicted octanol–water partition coefficient (Wildman–Crippen LogP) is 4.04. The number of rotatable bonds is 6. The van der Waals surface area contributed by atoms with Crippen LogP contribution in [0.4, 0.5) is 5.13 Å². The van der Waals surface area contributed by atoms with Crippen LogP contribution in [0.15, 0.2) is 28.8 Å². The molecule has 0 saturated carbocycles. The molecule has 3 aromatic rings. The minimum absolute atomic E-state index is 0.743. The Balaban J connectivity index is 1.54. The Morgan fingerprint density at radius 3 is 2.65 bits per heavy atom. The summed E-state index contributed by atoms with van der Waals surface area (Å²) in [5, 5.41) is 18.2. The van der Waals surface area contributed by atoms with E-state index in [1.165, 1.54) is 5.56 Å². The highest BCUT2D eigenvalue weighted by Crippen LogP contribution is 2.20. The summed E-state index contributed by atoms with van der Waals surface area (Å²) in [4.78, 5) is 0. The van der Waals surface area contributed by atoms with Crippen LogP contribution in [0, 0.1) is 13.8 Å². The number of benzene rings is 1. The van der Waals surface area contributed by atoms with E-state index in [0.717, 1.165) is 51.6 Å². The molecule has 0 fully saturated rings. The van der Waals surface area contributed by atoms with Crippen molar-refractivity contribution in [2.45, 2.75) is 26.7 Å². The summed E-state index contributed by atoms with van der Waals surface area (Å²) in [5.41, 5.74) is 3.28. The molecule has 0 unspecified atom stereocenters.